The normalized spacial score (nSPS) is 10.4. The zero-order chi connectivity index (χ0) is 11.5. The van der Waals surface area contributed by atoms with Crippen LogP contribution in [0, 0.1) is 13.8 Å². The summed E-state index contributed by atoms with van der Waals surface area (Å²) in [6, 6.07) is 8.08. The Hall–Kier alpha value is -1.77. The van der Waals surface area contributed by atoms with Gasteiger partial charge in [-0.1, -0.05) is 12.1 Å². The standard InChI is InChI=1S/C13H16N2O/c1-10-8-14-15(11(10)2)9-12-4-6-13(16-3)7-5-12/h4-8H,9H2,1-3H3. The average Bonchev–Trinajstić information content (AvgIpc) is 2.62. The highest BCUT2D eigenvalue weighted by molar-refractivity contribution is 5.27. The second-order valence-electron chi connectivity index (χ2n) is 3.92. The molecule has 0 bridgehead atoms. The topological polar surface area (TPSA) is 27.1 Å². The van der Waals surface area contributed by atoms with Crippen LogP contribution in [-0.2, 0) is 6.54 Å². The van der Waals surface area contributed by atoms with Crippen molar-refractivity contribution >= 4 is 0 Å². The van der Waals surface area contributed by atoms with E-state index >= 15 is 0 Å². The Morgan fingerprint density at radius 1 is 1.19 bits per heavy atom. The van der Waals surface area contributed by atoms with Gasteiger partial charge in [-0.25, -0.2) is 0 Å². The Bertz CT molecular complexity index is 471. The van der Waals surface area contributed by atoms with Gasteiger partial charge >= 0.3 is 0 Å². The zero-order valence-electron chi connectivity index (χ0n) is 9.90. The maximum Gasteiger partial charge on any atom is 0.118 e. The van der Waals surface area contributed by atoms with Gasteiger partial charge in [0.05, 0.1) is 19.9 Å². The highest BCUT2D eigenvalue weighted by Gasteiger charge is 2.02. The van der Waals surface area contributed by atoms with Gasteiger partial charge in [0.1, 0.15) is 5.75 Å². The Balaban J connectivity index is 2.17. The average molecular weight is 216 g/mol. The second-order valence-corrected chi connectivity index (χ2v) is 3.92. The van der Waals surface area contributed by atoms with Crippen LogP contribution in [0.15, 0.2) is 30.5 Å². The van der Waals surface area contributed by atoms with Gasteiger partial charge < -0.3 is 4.74 Å². The number of methoxy groups -OCH3 is 1. The SMILES string of the molecule is COc1ccc(Cn2ncc(C)c2C)cc1. The van der Waals surface area contributed by atoms with Crippen molar-refractivity contribution in [1.82, 2.24) is 9.78 Å². The fourth-order valence-electron chi connectivity index (χ4n) is 1.60. The van der Waals surface area contributed by atoms with Gasteiger partial charge in [-0.05, 0) is 37.1 Å². The summed E-state index contributed by atoms with van der Waals surface area (Å²) in [6.45, 7) is 4.97. The lowest BCUT2D eigenvalue weighted by Gasteiger charge is -2.06. The van der Waals surface area contributed by atoms with E-state index in [9.17, 15) is 0 Å². The third-order valence-corrected chi connectivity index (χ3v) is 2.84. The van der Waals surface area contributed by atoms with Crippen molar-refractivity contribution in [2.24, 2.45) is 0 Å². The molecule has 0 aliphatic heterocycles. The van der Waals surface area contributed by atoms with Crippen LogP contribution in [0.4, 0.5) is 0 Å². The summed E-state index contributed by atoms with van der Waals surface area (Å²) in [5.74, 6) is 0.886. The molecule has 0 unspecified atom stereocenters. The fraction of sp³-hybridized carbons (Fsp3) is 0.308. The maximum absolute atomic E-state index is 5.12. The van der Waals surface area contributed by atoms with Crippen LogP contribution in [0.25, 0.3) is 0 Å². The van der Waals surface area contributed by atoms with Crippen molar-refractivity contribution in [3.63, 3.8) is 0 Å². The molecule has 3 heteroatoms. The molecule has 1 aromatic carbocycles. The number of ether oxygens (including phenoxy) is 1. The molecule has 0 saturated carbocycles. The van der Waals surface area contributed by atoms with Crippen molar-refractivity contribution in [1.29, 1.82) is 0 Å². The number of hydrogen-bond donors (Lipinski definition) is 0. The molecule has 0 atom stereocenters. The third-order valence-electron chi connectivity index (χ3n) is 2.84. The summed E-state index contributed by atoms with van der Waals surface area (Å²) in [6.07, 6.45) is 1.90. The molecule has 0 spiro atoms. The van der Waals surface area contributed by atoms with Crippen LogP contribution in [-0.4, -0.2) is 16.9 Å². The lowest BCUT2D eigenvalue weighted by atomic mass is 10.2. The minimum Gasteiger partial charge on any atom is -0.497 e. The maximum atomic E-state index is 5.12. The molecule has 0 amide bonds. The summed E-state index contributed by atoms with van der Waals surface area (Å²) < 4.78 is 7.14. The Kier molecular flexibility index (Phi) is 2.95. The number of aryl methyl sites for hydroxylation is 1. The molecule has 0 fully saturated rings. The Labute approximate surface area is 95.7 Å². The zero-order valence-corrected chi connectivity index (χ0v) is 9.90. The molecule has 2 rings (SSSR count). The number of nitrogens with zero attached hydrogens (tertiary/aromatic N) is 2. The number of aromatic nitrogens is 2. The van der Waals surface area contributed by atoms with E-state index in [-0.39, 0.29) is 0 Å². The predicted molar refractivity (Wildman–Crippen MR) is 63.8 cm³/mol. The Morgan fingerprint density at radius 2 is 1.88 bits per heavy atom. The highest BCUT2D eigenvalue weighted by Crippen LogP contribution is 2.13. The first-order valence-corrected chi connectivity index (χ1v) is 5.32. The minimum absolute atomic E-state index is 0.809. The van der Waals surface area contributed by atoms with Crippen molar-refractivity contribution in [2.45, 2.75) is 20.4 Å². The molecule has 0 saturated heterocycles. The highest BCUT2D eigenvalue weighted by atomic mass is 16.5. The smallest absolute Gasteiger partial charge is 0.118 e. The van der Waals surface area contributed by atoms with Crippen LogP contribution in [0.1, 0.15) is 16.8 Å². The molecular weight excluding hydrogens is 200 g/mol. The summed E-state index contributed by atoms with van der Waals surface area (Å²) in [7, 11) is 1.68. The molecule has 0 aliphatic carbocycles. The van der Waals surface area contributed by atoms with Crippen LogP contribution >= 0.6 is 0 Å². The first-order chi connectivity index (χ1) is 7.70. The number of rotatable bonds is 3. The largest absolute Gasteiger partial charge is 0.497 e. The Morgan fingerprint density at radius 3 is 2.38 bits per heavy atom. The summed E-state index contributed by atoms with van der Waals surface area (Å²) in [5, 5.41) is 4.34. The number of hydrogen-bond acceptors (Lipinski definition) is 2. The van der Waals surface area contributed by atoms with Crippen LogP contribution in [0.3, 0.4) is 0 Å². The second kappa shape index (κ2) is 4.39. The van der Waals surface area contributed by atoms with E-state index < -0.39 is 0 Å². The van der Waals surface area contributed by atoms with E-state index in [2.05, 4.69) is 31.1 Å². The molecule has 0 N–H and O–H groups in total. The van der Waals surface area contributed by atoms with Gasteiger partial charge in [-0.2, -0.15) is 5.10 Å². The molecule has 16 heavy (non-hydrogen) atoms. The van der Waals surface area contributed by atoms with E-state index in [0.717, 1.165) is 12.3 Å². The van der Waals surface area contributed by atoms with E-state index in [1.807, 2.05) is 23.0 Å². The van der Waals surface area contributed by atoms with Crippen molar-refractivity contribution < 1.29 is 4.74 Å². The quantitative estimate of drug-likeness (QED) is 0.788. The van der Waals surface area contributed by atoms with Crippen molar-refractivity contribution in [2.75, 3.05) is 7.11 Å². The summed E-state index contributed by atoms with van der Waals surface area (Å²) >= 11 is 0. The number of benzene rings is 1. The summed E-state index contributed by atoms with van der Waals surface area (Å²) in [5.41, 5.74) is 3.68. The molecule has 3 nitrogen and oxygen atoms in total. The van der Waals surface area contributed by atoms with Gasteiger partial charge in [0.25, 0.3) is 0 Å². The van der Waals surface area contributed by atoms with E-state index in [1.54, 1.807) is 7.11 Å². The molecule has 84 valence electrons. The molecule has 1 heterocycles. The third kappa shape index (κ3) is 2.08. The predicted octanol–water partition coefficient (Wildman–Crippen LogP) is 2.56. The van der Waals surface area contributed by atoms with E-state index in [4.69, 9.17) is 4.74 Å². The van der Waals surface area contributed by atoms with Crippen LogP contribution in [0.5, 0.6) is 5.75 Å². The molecule has 2 aromatic rings. The molecule has 0 radical (unpaired) electrons. The monoisotopic (exact) mass is 216 g/mol. The minimum atomic E-state index is 0.809. The van der Waals surface area contributed by atoms with Crippen LogP contribution in [0.2, 0.25) is 0 Å². The van der Waals surface area contributed by atoms with Crippen molar-refractivity contribution in [3.05, 3.63) is 47.3 Å². The van der Waals surface area contributed by atoms with Gasteiger partial charge in [0, 0.05) is 5.69 Å². The van der Waals surface area contributed by atoms with Gasteiger partial charge in [0.2, 0.25) is 0 Å². The fourth-order valence-corrected chi connectivity index (χ4v) is 1.60. The van der Waals surface area contributed by atoms with E-state index in [0.29, 0.717) is 0 Å². The van der Waals surface area contributed by atoms with E-state index in [1.165, 1.54) is 16.8 Å². The van der Waals surface area contributed by atoms with Crippen LogP contribution < -0.4 is 4.74 Å². The molecular formula is C13H16N2O. The van der Waals surface area contributed by atoms with Gasteiger partial charge in [-0.3, -0.25) is 4.68 Å². The lowest BCUT2D eigenvalue weighted by molar-refractivity contribution is 0.414. The van der Waals surface area contributed by atoms with Gasteiger partial charge in [0.15, 0.2) is 0 Å². The molecule has 0 aliphatic rings. The first kappa shape index (κ1) is 10.7. The lowest BCUT2D eigenvalue weighted by Crippen LogP contribution is -2.03. The van der Waals surface area contributed by atoms with Crippen molar-refractivity contribution in [3.8, 4) is 5.75 Å². The summed E-state index contributed by atoms with van der Waals surface area (Å²) in [4.78, 5) is 0. The molecule has 1 aromatic heterocycles. The van der Waals surface area contributed by atoms with Gasteiger partial charge in [-0.15, -0.1) is 0 Å². The first-order valence-electron chi connectivity index (χ1n) is 5.32.